The fourth-order valence-corrected chi connectivity index (χ4v) is 4.21. The standard InChI is InChI=1S/C18H18N2O2S2/c1-3-9-22-18(21)12(2)24-17-15-14(13-7-5-4-6-8-13)10-23-16(15)19-11-20-17/h4-8,10-12H,3,9H2,1-2H3/t12-/m0/s1. The average molecular weight is 358 g/mol. The number of fused-ring (bicyclic) bond motifs is 1. The number of thioether (sulfide) groups is 1. The molecule has 0 saturated heterocycles. The molecule has 24 heavy (non-hydrogen) atoms. The van der Waals surface area contributed by atoms with Crippen molar-refractivity contribution in [1.29, 1.82) is 0 Å². The summed E-state index contributed by atoms with van der Waals surface area (Å²) in [5.41, 5.74) is 2.23. The fourth-order valence-electron chi connectivity index (χ4n) is 2.30. The number of hydrogen-bond donors (Lipinski definition) is 0. The first-order valence-corrected chi connectivity index (χ1v) is 9.57. The summed E-state index contributed by atoms with van der Waals surface area (Å²) in [6, 6.07) is 10.2. The Bertz CT molecular complexity index is 833. The molecule has 0 unspecified atom stereocenters. The van der Waals surface area contributed by atoms with Gasteiger partial charge in [-0.15, -0.1) is 11.3 Å². The third-order valence-electron chi connectivity index (χ3n) is 3.49. The van der Waals surface area contributed by atoms with Gasteiger partial charge < -0.3 is 4.74 Å². The molecule has 0 radical (unpaired) electrons. The van der Waals surface area contributed by atoms with Gasteiger partial charge in [0, 0.05) is 10.9 Å². The Morgan fingerprint density at radius 2 is 2.08 bits per heavy atom. The van der Waals surface area contributed by atoms with Crippen LogP contribution in [-0.2, 0) is 9.53 Å². The first kappa shape index (κ1) is 16.9. The molecule has 3 aromatic rings. The minimum atomic E-state index is -0.307. The summed E-state index contributed by atoms with van der Waals surface area (Å²) in [6.45, 7) is 4.29. The van der Waals surface area contributed by atoms with Crippen molar-refractivity contribution in [3.05, 3.63) is 42.0 Å². The molecule has 0 aliphatic heterocycles. The molecule has 0 N–H and O–H groups in total. The van der Waals surface area contributed by atoms with Gasteiger partial charge >= 0.3 is 5.97 Å². The molecule has 124 valence electrons. The summed E-state index contributed by atoms with van der Waals surface area (Å²) in [4.78, 5) is 21.8. The molecule has 1 aromatic carbocycles. The van der Waals surface area contributed by atoms with E-state index in [0.717, 1.165) is 32.8 Å². The van der Waals surface area contributed by atoms with Crippen LogP contribution in [0.1, 0.15) is 20.3 Å². The van der Waals surface area contributed by atoms with Crippen LogP contribution in [0.2, 0.25) is 0 Å². The predicted molar refractivity (Wildman–Crippen MR) is 99.4 cm³/mol. The average Bonchev–Trinajstić information content (AvgIpc) is 3.05. The third-order valence-corrected chi connectivity index (χ3v) is 5.45. The van der Waals surface area contributed by atoms with E-state index in [-0.39, 0.29) is 11.2 Å². The van der Waals surface area contributed by atoms with Gasteiger partial charge in [-0.1, -0.05) is 49.0 Å². The maximum atomic E-state index is 12.1. The van der Waals surface area contributed by atoms with Crippen molar-refractivity contribution < 1.29 is 9.53 Å². The molecule has 0 aliphatic rings. The van der Waals surface area contributed by atoms with E-state index in [1.54, 1.807) is 17.7 Å². The molecule has 0 aliphatic carbocycles. The first-order chi connectivity index (χ1) is 11.7. The smallest absolute Gasteiger partial charge is 0.319 e. The SMILES string of the molecule is CCCOC(=O)[C@H](C)Sc1ncnc2scc(-c3ccccc3)c12. The summed E-state index contributed by atoms with van der Waals surface area (Å²) >= 11 is 3.02. The van der Waals surface area contributed by atoms with E-state index in [0.29, 0.717) is 6.61 Å². The number of esters is 1. The highest BCUT2D eigenvalue weighted by molar-refractivity contribution is 8.00. The maximum absolute atomic E-state index is 12.1. The topological polar surface area (TPSA) is 52.1 Å². The number of ether oxygens (including phenoxy) is 1. The molecule has 3 rings (SSSR count). The molecule has 0 saturated carbocycles. The number of carbonyl (C=O) groups excluding carboxylic acids is 1. The molecule has 0 bridgehead atoms. The number of rotatable bonds is 6. The molecule has 2 aromatic heterocycles. The quantitative estimate of drug-likeness (QED) is 0.360. The van der Waals surface area contributed by atoms with Gasteiger partial charge in [-0.3, -0.25) is 4.79 Å². The van der Waals surface area contributed by atoms with E-state index in [1.165, 1.54) is 11.8 Å². The molecular weight excluding hydrogens is 340 g/mol. The highest BCUT2D eigenvalue weighted by Crippen LogP contribution is 2.38. The van der Waals surface area contributed by atoms with Gasteiger partial charge in [0.25, 0.3) is 0 Å². The molecular formula is C18H18N2O2S2. The zero-order valence-corrected chi connectivity index (χ0v) is 15.2. The van der Waals surface area contributed by atoms with Gasteiger partial charge in [-0.05, 0) is 18.9 Å². The van der Waals surface area contributed by atoms with E-state index in [9.17, 15) is 4.79 Å². The summed E-state index contributed by atoms with van der Waals surface area (Å²) in [5.74, 6) is -0.204. The molecule has 0 fully saturated rings. The van der Waals surface area contributed by atoms with Crippen molar-refractivity contribution in [3.8, 4) is 11.1 Å². The lowest BCUT2D eigenvalue weighted by molar-refractivity contribution is -0.142. The second-order valence-corrected chi connectivity index (χ2v) is 7.49. The maximum Gasteiger partial charge on any atom is 0.319 e. The minimum absolute atomic E-state index is 0.204. The Hall–Kier alpha value is -1.92. The lowest BCUT2D eigenvalue weighted by Gasteiger charge is -2.11. The number of hydrogen-bond acceptors (Lipinski definition) is 6. The van der Waals surface area contributed by atoms with Gasteiger partial charge in [-0.25, -0.2) is 9.97 Å². The summed E-state index contributed by atoms with van der Waals surface area (Å²) in [7, 11) is 0. The monoisotopic (exact) mass is 358 g/mol. The Morgan fingerprint density at radius 1 is 1.29 bits per heavy atom. The zero-order chi connectivity index (χ0) is 16.9. The van der Waals surface area contributed by atoms with Gasteiger partial charge in [0.1, 0.15) is 21.4 Å². The third kappa shape index (κ3) is 3.60. The fraction of sp³-hybridized carbons (Fsp3) is 0.278. The van der Waals surface area contributed by atoms with Crippen LogP contribution in [0.25, 0.3) is 21.3 Å². The van der Waals surface area contributed by atoms with E-state index < -0.39 is 0 Å². The van der Waals surface area contributed by atoms with Crippen LogP contribution in [-0.4, -0.2) is 27.8 Å². The summed E-state index contributed by atoms with van der Waals surface area (Å²) in [6.07, 6.45) is 2.38. The van der Waals surface area contributed by atoms with Gasteiger partial charge in [0.05, 0.1) is 12.0 Å². The normalized spacial score (nSPS) is 12.2. The van der Waals surface area contributed by atoms with Crippen molar-refractivity contribution >= 4 is 39.3 Å². The molecule has 0 amide bonds. The Labute approximate surface area is 149 Å². The van der Waals surface area contributed by atoms with Crippen LogP contribution < -0.4 is 0 Å². The molecule has 1 atom stereocenters. The van der Waals surface area contributed by atoms with Crippen molar-refractivity contribution in [3.63, 3.8) is 0 Å². The van der Waals surface area contributed by atoms with Crippen molar-refractivity contribution in [2.24, 2.45) is 0 Å². The second kappa shape index (κ2) is 7.77. The van der Waals surface area contributed by atoms with Crippen LogP contribution in [0.4, 0.5) is 0 Å². The predicted octanol–water partition coefficient (Wildman–Crippen LogP) is 4.79. The van der Waals surface area contributed by atoms with Crippen molar-refractivity contribution in [1.82, 2.24) is 9.97 Å². The minimum Gasteiger partial charge on any atom is -0.465 e. The highest BCUT2D eigenvalue weighted by Gasteiger charge is 2.20. The lowest BCUT2D eigenvalue weighted by Crippen LogP contribution is -2.17. The number of aromatic nitrogens is 2. The van der Waals surface area contributed by atoms with Crippen molar-refractivity contribution in [2.75, 3.05) is 6.61 Å². The van der Waals surface area contributed by atoms with Crippen LogP contribution in [0.5, 0.6) is 0 Å². The van der Waals surface area contributed by atoms with E-state index >= 15 is 0 Å². The van der Waals surface area contributed by atoms with Gasteiger partial charge in [-0.2, -0.15) is 0 Å². The van der Waals surface area contributed by atoms with Crippen LogP contribution >= 0.6 is 23.1 Å². The van der Waals surface area contributed by atoms with Gasteiger partial charge in [0.15, 0.2) is 0 Å². The van der Waals surface area contributed by atoms with E-state index in [1.807, 2.05) is 32.0 Å². The number of benzene rings is 1. The van der Waals surface area contributed by atoms with Crippen molar-refractivity contribution in [2.45, 2.75) is 30.5 Å². The number of thiophene rings is 1. The summed E-state index contributed by atoms with van der Waals surface area (Å²) < 4.78 is 5.23. The zero-order valence-electron chi connectivity index (χ0n) is 13.6. The first-order valence-electron chi connectivity index (χ1n) is 7.81. The summed E-state index contributed by atoms with van der Waals surface area (Å²) in [5, 5.41) is 3.62. The molecule has 2 heterocycles. The Kier molecular flexibility index (Phi) is 5.48. The van der Waals surface area contributed by atoms with E-state index in [4.69, 9.17) is 4.74 Å². The van der Waals surface area contributed by atoms with Crippen LogP contribution in [0, 0.1) is 0 Å². The highest BCUT2D eigenvalue weighted by atomic mass is 32.2. The Morgan fingerprint density at radius 3 is 2.83 bits per heavy atom. The van der Waals surface area contributed by atoms with E-state index in [2.05, 4.69) is 27.5 Å². The second-order valence-electron chi connectivity index (χ2n) is 5.30. The van der Waals surface area contributed by atoms with Crippen LogP contribution in [0.15, 0.2) is 47.1 Å². The molecule has 4 nitrogen and oxygen atoms in total. The van der Waals surface area contributed by atoms with Gasteiger partial charge in [0.2, 0.25) is 0 Å². The molecule has 0 spiro atoms. The Balaban J connectivity index is 1.94. The number of nitrogens with zero attached hydrogens (tertiary/aromatic N) is 2. The lowest BCUT2D eigenvalue weighted by atomic mass is 10.1. The largest absolute Gasteiger partial charge is 0.465 e. The number of carbonyl (C=O) groups is 1. The van der Waals surface area contributed by atoms with Crippen LogP contribution in [0.3, 0.4) is 0 Å². The molecule has 6 heteroatoms.